The van der Waals surface area contributed by atoms with Crippen molar-refractivity contribution < 1.29 is 4.79 Å². The van der Waals surface area contributed by atoms with Gasteiger partial charge in [-0.1, -0.05) is 12.5 Å². The lowest BCUT2D eigenvalue weighted by Crippen LogP contribution is -2.48. The van der Waals surface area contributed by atoms with Gasteiger partial charge in [-0.2, -0.15) is 0 Å². The van der Waals surface area contributed by atoms with Gasteiger partial charge in [0, 0.05) is 12.1 Å². The second-order valence-electron chi connectivity index (χ2n) is 4.31. The molecule has 0 aromatic heterocycles. The summed E-state index contributed by atoms with van der Waals surface area (Å²) in [5.74, 6) is 0.571. The van der Waals surface area contributed by atoms with Crippen LogP contribution in [0, 0.1) is 5.92 Å². The Bertz CT molecular complexity index is 231. The van der Waals surface area contributed by atoms with E-state index < -0.39 is 0 Å². The Labute approximate surface area is 86.0 Å². The van der Waals surface area contributed by atoms with Crippen molar-refractivity contribution >= 4 is 5.91 Å². The van der Waals surface area contributed by atoms with Crippen LogP contribution in [-0.2, 0) is 4.79 Å². The van der Waals surface area contributed by atoms with E-state index in [1.54, 1.807) is 6.08 Å². The smallest absolute Gasteiger partial charge is 0.244 e. The predicted octanol–water partition coefficient (Wildman–Crippen LogP) is 1.07. The Kier molecular flexibility index (Phi) is 4.14. The summed E-state index contributed by atoms with van der Waals surface area (Å²) in [4.78, 5) is 11.5. The van der Waals surface area contributed by atoms with Crippen LogP contribution in [0.15, 0.2) is 11.6 Å². The molecule has 0 aliphatic carbocycles. The molecule has 80 valence electrons. The Morgan fingerprint density at radius 3 is 2.79 bits per heavy atom. The summed E-state index contributed by atoms with van der Waals surface area (Å²) in [6.07, 6.45) is 2.69. The van der Waals surface area contributed by atoms with Gasteiger partial charge in [-0.05, 0) is 39.3 Å². The molecule has 0 radical (unpaired) electrons. The first kappa shape index (κ1) is 11.2. The summed E-state index contributed by atoms with van der Waals surface area (Å²) in [6.45, 7) is 8.04. The van der Waals surface area contributed by atoms with Gasteiger partial charge in [0.25, 0.3) is 0 Å². The van der Waals surface area contributed by atoms with Crippen LogP contribution in [0.25, 0.3) is 0 Å². The maximum absolute atomic E-state index is 11.5. The van der Waals surface area contributed by atoms with E-state index >= 15 is 0 Å². The van der Waals surface area contributed by atoms with Crippen LogP contribution in [0.1, 0.15) is 27.2 Å². The van der Waals surface area contributed by atoms with Crippen molar-refractivity contribution in [1.29, 1.82) is 0 Å². The van der Waals surface area contributed by atoms with Gasteiger partial charge in [0.2, 0.25) is 5.91 Å². The molecular formula is C11H20N2O. The predicted molar refractivity (Wildman–Crippen MR) is 58.0 cm³/mol. The van der Waals surface area contributed by atoms with Crippen molar-refractivity contribution in [1.82, 2.24) is 10.6 Å². The van der Waals surface area contributed by atoms with Gasteiger partial charge in [-0.25, -0.2) is 0 Å². The zero-order chi connectivity index (χ0) is 10.6. The average molecular weight is 196 g/mol. The first-order chi connectivity index (χ1) is 6.59. The van der Waals surface area contributed by atoms with Crippen LogP contribution in [0.4, 0.5) is 0 Å². The number of carbonyl (C=O) groups excluding carboxylic acids is 1. The minimum Gasteiger partial charge on any atom is -0.349 e. The fraction of sp³-hybridized carbons (Fsp3) is 0.727. The van der Waals surface area contributed by atoms with Gasteiger partial charge in [-0.15, -0.1) is 0 Å². The zero-order valence-corrected chi connectivity index (χ0v) is 9.26. The summed E-state index contributed by atoms with van der Waals surface area (Å²) in [7, 11) is 0. The molecule has 2 unspecified atom stereocenters. The van der Waals surface area contributed by atoms with E-state index in [2.05, 4.69) is 17.6 Å². The van der Waals surface area contributed by atoms with Crippen molar-refractivity contribution in [3.8, 4) is 0 Å². The minimum absolute atomic E-state index is 0.0451. The highest BCUT2D eigenvalue weighted by atomic mass is 16.1. The number of hydrogen-bond donors (Lipinski definition) is 2. The lowest BCUT2D eigenvalue weighted by molar-refractivity contribution is -0.117. The highest BCUT2D eigenvalue weighted by molar-refractivity contribution is 5.88. The molecule has 1 aliphatic heterocycles. The molecule has 1 rings (SSSR count). The van der Waals surface area contributed by atoms with E-state index in [1.807, 2.05) is 13.8 Å². The van der Waals surface area contributed by atoms with Crippen molar-refractivity contribution in [2.45, 2.75) is 33.2 Å². The Hall–Kier alpha value is -0.830. The third-order valence-electron chi connectivity index (χ3n) is 2.53. The third kappa shape index (κ3) is 3.50. The van der Waals surface area contributed by atoms with Crippen LogP contribution in [0.5, 0.6) is 0 Å². The van der Waals surface area contributed by atoms with Crippen molar-refractivity contribution in [3.05, 3.63) is 11.6 Å². The molecule has 3 heteroatoms. The second kappa shape index (κ2) is 5.15. The number of rotatable bonds is 2. The van der Waals surface area contributed by atoms with Crippen LogP contribution < -0.4 is 10.6 Å². The summed E-state index contributed by atoms with van der Waals surface area (Å²) in [5, 5.41) is 6.36. The number of allylic oxidation sites excluding steroid dienone is 1. The molecule has 3 nitrogen and oxygen atoms in total. The van der Waals surface area contributed by atoms with Gasteiger partial charge in [0.05, 0.1) is 0 Å². The SMILES string of the molecule is CC(C)=CC(=O)NC1CCNCC1C. The topological polar surface area (TPSA) is 41.1 Å². The fourth-order valence-electron chi connectivity index (χ4n) is 1.72. The molecule has 0 aromatic carbocycles. The van der Waals surface area contributed by atoms with E-state index in [0.29, 0.717) is 12.0 Å². The van der Waals surface area contributed by atoms with Crippen molar-refractivity contribution in [2.75, 3.05) is 13.1 Å². The normalized spacial score (nSPS) is 26.8. The molecule has 1 aliphatic rings. The van der Waals surface area contributed by atoms with Crippen molar-refractivity contribution in [3.63, 3.8) is 0 Å². The molecule has 1 amide bonds. The summed E-state index contributed by atoms with van der Waals surface area (Å²) >= 11 is 0. The number of nitrogens with one attached hydrogen (secondary N) is 2. The molecule has 1 saturated heterocycles. The highest BCUT2D eigenvalue weighted by Gasteiger charge is 2.21. The van der Waals surface area contributed by atoms with E-state index in [-0.39, 0.29) is 5.91 Å². The van der Waals surface area contributed by atoms with Crippen molar-refractivity contribution in [2.24, 2.45) is 5.92 Å². The van der Waals surface area contributed by atoms with Gasteiger partial charge < -0.3 is 10.6 Å². The van der Waals surface area contributed by atoms with E-state index in [4.69, 9.17) is 0 Å². The average Bonchev–Trinajstić information content (AvgIpc) is 2.07. The molecule has 0 bridgehead atoms. The molecular weight excluding hydrogens is 176 g/mol. The number of piperidine rings is 1. The van der Waals surface area contributed by atoms with E-state index in [9.17, 15) is 4.79 Å². The molecule has 2 N–H and O–H groups in total. The van der Waals surface area contributed by atoms with E-state index in [1.165, 1.54) is 0 Å². The van der Waals surface area contributed by atoms with Crippen LogP contribution in [-0.4, -0.2) is 25.0 Å². The summed E-state index contributed by atoms with van der Waals surface area (Å²) < 4.78 is 0. The maximum Gasteiger partial charge on any atom is 0.244 e. The van der Waals surface area contributed by atoms with Gasteiger partial charge in [0.1, 0.15) is 0 Å². The minimum atomic E-state index is 0.0451. The maximum atomic E-state index is 11.5. The van der Waals surface area contributed by atoms with E-state index in [0.717, 1.165) is 25.1 Å². The Morgan fingerprint density at radius 2 is 2.21 bits per heavy atom. The zero-order valence-electron chi connectivity index (χ0n) is 9.26. The third-order valence-corrected chi connectivity index (χ3v) is 2.53. The second-order valence-corrected chi connectivity index (χ2v) is 4.31. The standard InChI is InChI=1S/C11H20N2O/c1-8(2)6-11(14)13-10-4-5-12-7-9(10)3/h6,9-10,12H,4-5,7H2,1-3H3,(H,13,14). The molecule has 14 heavy (non-hydrogen) atoms. The molecule has 0 saturated carbocycles. The monoisotopic (exact) mass is 196 g/mol. The van der Waals surface area contributed by atoms with Gasteiger partial charge in [-0.3, -0.25) is 4.79 Å². The lowest BCUT2D eigenvalue weighted by atomic mass is 9.95. The largest absolute Gasteiger partial charge is 0.349 e. The number of carbonyl (C=O) groups is 1. The Balaban J connectivity index is 2.42. The van der Waals surface area contributed by atoms with Crippen LogP contribution >= 0.6 is 0 Å². The number of hydrogen-bond acceptors (Lipinski definition) is 2. The highest BCUT2D eigenvalue weighted by Crippen LogP contribution is 2.10. The molecule has 0 aromatic rings. The fourth-order valence-corrected chi connectivity index (χ4v) is 1.72. The van der Waals surface area contributed by atoms with Gasteiger partial charge >= 0.3 is 0 Å². The van der Waals surface area contributed by atoms with Gasteiger partial charge in [0.15, 0.2) is 0 Å². The molecule has 0 spiro atoms. The number of amides is 1. The summed E-state index contributed by atoms with van der Waals surface area (Å²) in [5.41, 5.74) is 1.05. The first-order valence-electron chi connectivity index (χ1n) is 5.25. The Morgan fingerprint density at radius 1 is 1.50 bits per heavy atom. The van der Waals surface area contributed by atoms with Crippen LogP contribution in [0.3, 0.4) is 0 Å². The molecule has 1 heterocycles. The molecule has 1 fully saturated rings. The molecule has 2 atom stereocenters. The quantitative estimate of drug-likeness (QED) is 0.649. The van der Waals surface area contributed by atoms with Crippen LogP contribution in [0.2, 0.25) is 0 Å². The first-order valence-corrected chi connectivity index (χ1v) is 5.25. The lowest BCUT2D eigenvalue weighted by Gasteiger charge is -2.29. The summed E-state index contributed by atoms with van der Waals surface area (Å²) in [6, 6.07) is 0.333.